The van der Waals surface area contributed by atoms with Gasteiger partial charge in [0.05, 0.1) is 0 Å². The van der Waals surface area contributed by atoms with E-state index in [0.29, 0.717) is 30.0 Å². The van der Waals surface area contributed by atoms with Crippen LogP contribution < -0.4 is 0 Å². The van der Waals surface area contributed by atoms with Gasteiger partial charge in [0.2, 0.25) is 0 Å². The molecule has 3 saturated carbocycles. The highest BCUT2D eigenvalue weighted by Gasteiger charge is 2.63. The Morgan fingerprint density at radius 2 is 1.96 bits per heavy atom. The predicted molar refractivity (Wildman–Crippen MR) is 90.5 cm³/mol. The normalized spacial score (nSPS) is 52.0. The number of Topliss-reactive ketones (excluding diaryl/α,β-unsaturated/α-hetero) is 1. The molecule has 0 amide bonds. The molecule has 124 valence electrons. The standard InChI is InChI=1S/C21H28O2/c1-4-21(23)12-9-18-16-6-5-14-13-15(22)7-10-19(14,2)17(16)8-11-20(18,21)3/h1,5,16-18,23H,6-13H2,2-3H3. The van der Waals surface area contributed by atoms with Crippen molar-refractivity contribution in [2.24, 2.45) is 28.6 Å². The van der Waals surface area contributed by atoms with Crippen LogP contribution in [0, 0.1) is 40.9 Å². The average Bonchev–Trinajstić information content (AvgIpc) is 2.80. The summed E-state index contributed by atoms with van der Waals surface area (Å²) in [6.07, 6.45) is 15.6. The number of hydrogen-bond acceptors (Lipinski definition) is 2. The third-order valence-corrected chi connectivity index (χ3v) is 8.33. The van der Waals surface area contributed by atoms with Crippen LogP contribution in [0.4, 0.5) is 0 Å². The largest absolute Gasteiger partial charge is 0.377 e. The summed E-state index contributed by atoms with van der Waals surface area (Å²) in [5.41, 5.74) is 0.559. The summed E-state index contributed by atoms with van der Waals surface area (Å²) < 4.78 is 0. The van der Waals surface area contributed by atoms with Crippen LogP contribution in [0.5, 0.6) is 0 Å². The van der Waals surface area contributed by atoms with Crippen molar-refractivity contribution in [3.8, 4) is 12.3 Å². The molecule has 1 N–H and O–H groups in total. The summed E-state index contributed by atoms with van der Waals surface area (Å²) in [6.45, 7) is 4.62. The molecule has 2 heteroatoms. The first-order valence-corrected chi connectivity index (χ1v) is 9.25. The third-order valence-electron chi connectivity index (χ3n) is 8.33. The van der Waals surface area contributed by atoms with Gasteiger partial charge in [-0.05, 0) is 61.7 Å². The van der Waals surface area contributed by atoms with Crippen molar-refractivity contribution < 1.29 is 9.90 Å². The van der Waals surface area contributed by atoms with Crippen molar-refractivity contribution >= 4 is 5.78 Å². The second-order valence-corrected chi connectivity index (χ2v) is 8.97. The van der Waals surface area contributed by atoms with Gasteiger partial charge in [-0.3, -0.25) is 4.79 Å². The summed E-state index contributed by atoms with van der Waals surface area (Å²) >= 11 is 0. The zero-order chi connectivity index (χ0) is 16.5. The molecular weight excluding hydrogens is 284 g/mol. The van der Waals surface area contributed by atoms with Crippen molar-refractivity contribution in [2.45, 2.75) is 70.8 Å². The molecule has 4 aliphatic carbocycles. The SMILES string of the molecule is C#CC1(O)CCC2C3CC=C4CC(=O)CCC4(C)C3CCC21C. The van der Waals surface area contributed by atoms with E-state index in [0.717, 1.165) is 44.9 Å². The minimum absolute atomic E-state index is 0.130. The van der Waals surface area contributed by atoms with Crippen LogP contribution in [0.1, 0.15) is 65.2 Å². The van der Waals surface area contributed by atoms with Crippen molar-refractivity contribution in [3.63, 3.8) is 0 Å². The summed E-state index contributed by atoms with van der Waals surface area (Å²) in [5, 5.41) is 11.0. The highest BCUT2D eigenvalue weighted by Crippen LogP contribution is 2.66. The van der Waals surface area contributed by atoms with Crippen LogP contribution >= 0.6 is 0 Å². The molecule has 4 rings (SSSR count). The van der Waals surface area contributed by atoms with E-state index in [2.05, 4.69) is 25.8 Å². The molecule has 2 nitrogen and oxygen atoms in total. The molecule has 6 atom stereocenters. The van der Waals surface area contributed by atoms with Gasteiger partial charge in [-0.2, -0.15) is 0 Å². The van der Waals surface area contributed by atoms with E-state index < -0.39 is 5.60 Å². The lowest BCUT2D eigenvalue weighted by atomic mass is 9.47. The smallest absolute Gasteiger partial charge is 0.136 e. The highest BCUT2D eigenvalue weighted by molar-refractivity contribution is 5.82. The molecular formula is C21H28O2. The first-order valence-electron chi connectivity index (χ1n) is 9.25. The van der Waals surface area contributed by atoms with Crippen LogP contribution in [0.2, 0.25) is 0 Å². The Morgan fingerprint density at radius 1 is 1.22 bits per heavy atom. The highest BCUT2D eigenvalue weighted by atomic mass is 16.3. The number of carbonyl (C=O) groups excluding carboxylic acids is 1. The Hall–Kier alpha value is -1.07. The summed E-state index contributed by atoms with van der Waals surface area (Å²) in [5.74, 6) is 4.96. The maximum absolute atomic E-state index is 11.9. The maximum atomic E-state index is 11.9. The van der Waals surface area contributed by atoms with Crippen molar-refractivity contribution in [3.05, 3.63) is 11.6 Å². The van der Waals surface area contributed by atoms with Crippen molar-refractivity contribution in [1.82, 2.24) is 0 Å². The Labute approximate surface area is 139 Å². The Morgan fingerprint density at radius 3 is 2.70 bits per heavy atom. The molecule has 0 heterocycles. The average molecular weight is 312 g/mol. The molecule has 0 aromatic rings. The second-order valence-electron chi connectivity index (χ2n) is 8.97. The number of hydrogen-bond donors (Lipinski definition) is 1. The molecule has 4 aliphatic rings. The van der Waals surface area contributed by atoms with Gasteiger partial charge < -0.3 is 5.11 Å². The molecule has 3 fully saturated rings. The second kappa shape index (κ2) is 4.73. The van der Waals surface area contributed by atoms with E-state index in [1.807, 2.05) is 0 Å². The molecule has 0 aromatic heterocycles. The quantitative estimate of drug-likeness (QED) is 0.544. The number of allylic oxidation sites excluding steroid dienone is 2. The van der Waals surface area contributed by atoms with Gasteiger partial charge >= 0.3 is 0 Å². The van der Waals surface area contributed by atoms with Gasteiger partial charge in [-0.1, -0.05) is 31.4 Å². The molecule has 23 heavy (non-hydrogen) atoms. The fourth-order valence-corrected chi connectivity index (χ4v) is 6.73. The Balaban J connectivity index is 1.71. The van der Waals surface area contributed by atoms with Crippen LogP contribution in [0.25, 0.3) is 0 Å². The van der Waals surface area contributed by atoms with Crippen LogP contribution in [-0.4, -0.2) is 16.5 Å². The fourth-order valence-electron chi connectivity index (χ4n) is 6.73. The van der Waals surface area contributed by atoms with Crippen molar-refractivity contribution in [1.29, 1.82) is 0 Å². The number of carbonyl (C=O) groups is 1. The van der Waals surface area contributed by atoms with Crippen LogP contribution in [-0.2, 0) is 4.79 Å². The van der Waals surface area contributed by atoms with Gasteiger partial charge in [0.25, 0.3) is 0 Å². The lowest BCUT2D eigenvalue weighted by molar-refractivity contribution is -0.123. The zero-order valence-electron chi connectivity index (χ0n) is 14.4. The topological polar surface area (TPSA) is 37.3 Å². The first-order chi connectivity index (χ1) is 10.8. The maximum Gasteiger partial charge on any atom is 0.136 e. The van der Waals surface area contributed by atoms with E-state index in [4.69, 9.17) is 6.42 Å². The first kappa shape index (κ1) is 15.5. The van der Waals surface area contributed by atoms with E-state index in [1.54, 1.807) is 0 Å². The fraction of sp³-hybridized carbons (Fsp3) is 0.762. The molecule has 0 saturated heterocycles. The number of fused-ring (bicyclic) bond motifs is 5. The van der Waals surface area contributed by atoms with E-state index >= 15 is 0 Å². The van der Waals surface area contributed by atoms with Crippen LogP contribution in [0.15, 0.2) is 11.6 Å². The molecule has 0 aromatic carbocycles. The summed E-state index contributed by atoms with van der Waals surface area (Å²) in [6, 6.07) is 0. The molecule has 0 radical (unpaired) electrons. The third kappa shape index (κ3) is 1.84. The predicted octanol–water partition coefficient (Wildman–Crippen LogP) is 3.88. The number of aliphatic hydroxyl groups is 1. The summed E-state index contributed by atoms with van der Waals surface area (Å²) in [7, 11) is 0. The lowest BCUT2D eigenvalue weighted by Crippen LogP contribution is -2.54. The van der Waals surface area contributed by atoms with E-state index in [9.17, 15) is 9.90 Å². The van der Waals surface area contributed by atoms with Crippen LogP contribution in [0.3, 0.4) is 0 Å². The number of terminal acetylenes is 1. The molecule has 6 unspecified atom stereocenters. The Kier molecular flexibility index (Phi) is 3.18. The van der Waals surface area contributed by atoms with Crippen molar-refractivity contribution in [2.75, 3.05) is 0 Å². The minimum atomic E-state index is -0.921. The molecule has 0 aliphatic heterocycles. The number of ketones is 1. The zero-order valence-corrected chi connectivity index (χ0v) is 14.4. The van der Waals surface area contributed by atoms with E-state index in [1.165, 1.54) is 5.57 Å². The van der Waals surface area contributed by atoms with Gasteiger partial charge in [0.1, 0.15) is 11.4 Å². The monoisotopic (exact) mass is 312 g/mol. The van der Waals surface area contributed by atoms with Gasteiger partial charge in [-0.15, -0.1) is 6.42 Å². The minimum Gasteiger partial charge on any atom is -0.377 e. The van der Waals surface area contributed by atoms with Gasteiger partial charge in [0, 0.05) is 18.3 Å². The Bertz CT molecular complexity index is 626. The molecule has 0 bridgehead atoms. The van der Waals surface area contributed by atoms with Gasteiger partial charge in [0.15, 0.2) is 0 Å². The molecule has 0 spiro atoms. The summed E-state index contributed by atoms with van der Waals surface area (Å²) in [4.78, 5) is 11.9. The van der Waals surface area contributed by atoms with E-state index in [-0.39, 0.29) is 10.8 Å². The number of rotatable bonds is 0. The lowest BCUT2D eigenvalue weighted by Gasteiger charge is -2.57. The van der Waals surface area contributed by atoms with Gasteiger partial charge in [-0.25, -0.2) is 0 Å².